The molecule has 2 aromatic rings. The summed E-state index contributed by atoms with van der Waals surface area (Å²) in [7, 11) is -3.31. The van der Waals surface area contributed by atoms with Crippen LogP contribution in [-0.2, 0) is 9.84 Å². The van der Waals surface area contributed by atoms with E-state index in [1.54, 1.807) is 12.3 Å². The first-order valence-electron chi connectivity index (χ1n) is 6.79. The monoisotopic (exact) mass is 309 g/mol. The van der Waals surface area contributed by atoms with Crippen LogP contribution in [0.25, 0.3) is 0 Å². The molecule has 2 heterocycles. The van der Waals surface area contributed by atoms with Crippen LogP contribution in [0.4, 0.5) is 4.39 Å². The van der Waals surface area contributed by atoms with E-state index in [1.807, 2.05) is 13.0 Å². The third-order valence-corrected chi connectivity index (χ3v) is 5.59. The van der Waals surface area contributed by atoms with Crippen molar-refractivity contribution in [2.24, 2.45) is 0 Å². The van der Waals surface area contributed by atoms with Crippen LogP contribution in [0.15, 0.2) is 45.9 Å². The third-order valence-electron chi connectivity index (χ3n) is 3.78. The Bertz CT molecular complexity index is 740. The summed E-state index contributed by atoms with van der Waals surface area (Å²) < 4.78 is 43.0. The van der Waals surface area contributed by atoms with Crippen molar-refractivity contribution in [3.8, 4) is 0 Å². The van der Waals surface area contributed by atoms with E-state index in [2.05, 4.69) is 5.32 Å². The summed E-state index contributed by atoms with van der Waals surface area (Å²) in [5.74, 6) is 0.401. The Morgan fingerprint density at radius 1 is 1.38 bits per heavy atom. The quantitative estimate of drug-likeness (QED) is 0.886. The number of rotatable bonds is 3. The highest BCUT2D eigenvalue weighted by Crippen LogP contribution is 2.34. The van der Waals surface area contributed by atoms with Crippen LogP contribution in [0.5, 0.6) is 0 Å². The third kappa shape index (κ3) is 2.73. The van der Waals surface area contributed by atoms with Gasteiger partial charge >= 0.3 is 0 Å². The van der Waals surface area contributed by atoms with E-state index < -0.39 is 15.7 Å². The summed E-state index contributed by atoms with van der Waals surface area (Å²) in [6.07, 6.45) is 2.01. The molecule has 0 radical (unpaired) electrons. The first-order chi connectivity index (χ1) is 9.97. The fourth-order valence-corrected chi connectivity index (χ4v) is 4.31. The smallest absolute Gasteiger partial charge is 0.178 e. The molecule has 0 fully saturated rings. The average Bonchev–Trinajstić information content (AvgIpc) is 2.96. The molecule has 0 spiro atoms. The normalized spacial score (nSPS) is 21.7. The van der Waals surface area contributed by atoms with Crippen molar-refractivity contribution in [2.75, 3.05) is 5.75 Å². The minimum atomic E-state index is -3.31. The molecule has 1 aromatic carbocycles. The Labute approximate surface area is 122 Å². The van der Waals surface area contributed by atoms with Crippen molar-refractivity contribution in [1.29, 1.82) is 0 Å². The predicted octanol–water partition coefficient (Wildman–Crippen LogP) is 2.99. The van der Waals surface area contributed by atoms with Crippen LogP contribution in [0.1, 0.15) is 36.8 Å². The highest BCUT2D eigenvalue weighted by molar-refractivity contribution is 7.91. The molecule has 0 amide bonds. The van der Waals surface area contributed by atoms with Gasteiger partial charge in [-0.05, 0) is 49.2 Å². The van der Waals surface area contributed by atoms with Crippen LogP contribution in [0.3, 0.4) is 0 Å². The molecule has 0 saturated heterocycles. The Morgan fingerprint density at radius 3 is 2.90 bits per heavy atom. The van der Waals surface area contributed by atoms with Crippen molar-refractivity contribution >= 4 is 9.84 Å². The van der Waals surface area contributed by atoms with Gasteiger partial charge in [-0.15, -0.1) is 0 Å². The van der Waals surface area contributed by atoms with E-state index >= 15 is 0 Å². The minimum Gasteiger partial charge on any atom is -0.468 e. The minimum absolute atomic E-state index is 0.0637. The Balaban J connectivity index is 1.93. The summed E-state index contributed by atoms with van der Waals surface area (Å²) in [5.41, 5.74) is 0.500. The first-order valence-corrected chi connectivity index (χ1v) is 8.44. The molecule has 21 heavy (non-hydrogen) atoms. The number of benzene rings is 1. The van der Waals surface area contributed by atoms with Crippen molar-refractivity contribution in [2.45, 2.75) is 30.3 Å². The zero-order valence-corrected chi connectivity index (χ0v) is 12.4. The molecule has 1 unspecified atom stereocenters. The molecule has 1 aliphatic heterocycles. The van der Waals surface area contributed by atoms with Gasteiger partial charge in [0.05, 0.1) is 23.0 Å². The molecule has 112 valence electrons. The number of furan rings is 1. The summed E-state index contributed by atoms with van der Waals surface area (Å²) in [6, 6.07) is 7.20. The molecule has 0 saturated carbocycles. The van der Waals surface area contributed by atoms with Crippen LogP contribution in [0.2, 0.25) is 0 Å². The lowest BCUT2D eigenvalue weighted by molar-refractivity contribution is 0.380. The summed E-state index contributed by atoms with van der Waals surface area (Å²) >= 11 is 0. The molecule has 1 aliphatic rings. The zero-order chi connectivity index (χ0) is 15.0. The molecule has 3 rings (SSSR count). The van der Waals surface area contributed by atoms with Crippen LogP contribution < -0.4 is 5.32 Å². The fraction of sp³-hybridized carbons (Fsp3) is 0.333. The van der Waals surface area contributed by atoms with E-state index in [0.29, 0.717) is 12.0 Å². The molecule has 4 nitrogen and oxygen atoms in total. The SMILES string of the molecule is C[C@@H](NC1CCS(=O)(=O)c2ccc(F)cc21)c1ccco1. The van der Waals surface area contributed by atoms with Gasteiger partial charge in [0.2, 0.25) is 0 Å². The fourth-order valence-electron chi connectivity index (χ4n) is 2.71. The largest absolute Gasteiger partial charge is 0.468 e. The van der Waals surface area contributed by atoms with Crippen molar-refractivity contribution in [3.63, 3.8) is 0 Å². The second kappa shape index (κ2) is 5.27. The summed E-state index contributed by atoms with van der Waals surface area (Å²) in [4.78, 5) is 0.222. The number of hydrogen-bond donors (Lipinski definition) is 1. The summed E-state index contributed by atoms with van der Waals surface area (Å²) in [6.45, 7) is 1.93. The lowest BCUT2D eigenvalue weighted by Gasteiger charge is -2.28. The molecule has 0 bridgehead atoms. The van der Waals surface area contributed by atoms with E-state index in [1.165, 1.54) is 18.2 Å². The van der Waals surface area contributed by atoms with Crippen molar-refractivity contribution < 1.29 is 17.2 Å². The number of halogens is 1. The lowest BCUT2D eigenvalue weighted by atomic mass is 10.0. The predicted molar refractivity (Wildman–Crippen MR) is 76.1 cm³/mol. The van der Waals surface area contributed by atoms with Crippen molar-refractivity contribution in [1.82, 2.24) is 5.32 Å². The number of sulfone groups is 1. The van der Waals surface area contributed by atoms with Gasteiger partial charge in [-0.3, -0.25) is 0 Å². The van der Waals surface area contributed by atoms with E-state index in [-0.39, 0.29) is 22.7 Å². The number of fused-ring (bicyclic) bond motifs is 1. The molecule has 2 atom stereocenters. The van der Waals surface area contributed by atoms with Gasteiger partial charge in [0.25, 0.3) is 0 Å². The van der Waals surface area contributed by atoms with Crippen LogP contribution in [0, 0.1) is 5.82 Å². The topological polar surface area (TPSA) is 59.3 Å². The van der Waals surface area contributed by atoms with E-state index in [4.69, 9.17) is 4.42 Å². The second-order valence-corrected chi connectivity index (χ2v) is 7.32. The Morgan fingerprint density at radius 2 is 2.19 bits per heavy atom. The molecule has 1 aromatic heterocycles. The van der Waals surface area contributed by atoms with E-state index in [9.17, 15) is 12.8 Å². The molecule has 6 heteroatoms. The van der Waals surface area contributed by atoms with Gasteiger partial charge in [0.1, 0.15) is 11.6 Å². The molecule has 1 N–H and O–H groups in total. The summed E-state index contributed by atoms with van der Waals surface area (Å²) in [5, 5.41) is 3.32. The van der Waals surface area contributed by atoms with E-state index in [0.717, 1.165) is 5.76 Å². The maximum Gasteiger partial charge on any atom is 0.178 e. The van der Waals surface area contributed by atoms with Crippen LogP contribution in [-0.4, -0.2) is 14.2 Å². The van der Waals surface area contributed by atoms with Gasteiger partial charge in [-0.25, -0.2) is 12.8 Å². The second-order valence-electron chi connectivity index (χ2n) is 5.25. The van der Waals surface area contributed by atoms with Crippen LogP contribution >= 0.6 is 0 Å². The highest BCUT2D eigenvalue weighted by atomic mass is 32.2. The van der Waals surface area contributed by atoms with Gasteiger partial charge in [-0.2, -0.15) is 0 Å². The Hall–Kier alpha value is -1.66. The number of hydrogen-bond acceptors (Lipinski definition) is 4. The van der Waals surface area contributed by atoms with Crippen molar-refractivity contribution in [3.05, 3.63) is 53.7 Å². The molecular weight excluding hydrogens is 293 g/mol. The number of nitrogens with one attached hydrogen (secondary N) is 1. The molecular formula is C15H16FNO3S. The van der Waals surface area contributed by atoms with Gasteiger partial charge < -0.3 is 9.73 Å². The maximum atomic E-state index is 13.5. The molecule has 0 aliphatic carbocycles. The van der Waals surface area contributed by atoms with Gasteiger partial charge in [0.15, 0.2) is 9.84 Å². The van der Waals surface area contributed by atoms with Gasteiger partial charge in [0, 0.05) is 6.04 Å². The maximum absolute atomic E-state index is 13.5. The Kier molecular flexibility index (Phi) is 3.59. The van der Waals surface area contributed by atoms with Gasteiger partial charge in [-0.1, -0.05) is 0 Å². The zero-order valence-electron chi connectivity index (χ0n) is 11.5. The standard InChI is InChI=1S/C15H16FNO3S/c1-10(14-3-2-7-20-14)17-13-6-8-21(18,19)15-5-4-11(16)9-12(13)15/h2-5,7,9-10,13,17H,6,8H2,1H3/t10-,13?/m1/s1. The lowest BCUT2D eigenvalue weighted by Crippen LogP contribution is -2.31. The first kappa shape index (κ1) is 14.3. The highest BCUT2D eigenvalue weighted by Gasteiger charge is 2.31. The average molecular weight is 309 g/mol.